The molecule has 14 nitrogen and oxygen atoms in total. The summed E-state index contributed by atoms with van der Waals surface area (Å²) in [7, 11) is -4.11. The van der Waals surface area contributed by atoms with Gasteiger partial charge in [-0.25, -0.2) is 4.72 Å². The first-order chi connectivity index (χ1) is 26.7. The van der Waals surface area contributed by atoms with Crippen LogP contribution in [0.3, 0.4) is 0 Å². The minimum absolute atomic E-state index is 0.0289. The van der Waals surface area contributed by atoms with Crippen LogP contribution in [0.2, 0.25) is 0 Å². The molecule has 5 amide bonds. The second kappa shape index (κ2) is 14.8. The highest BCUT2D eigenvalue weighted by atomic mass is 32.2. The molecule has 6 atom stereocenters. The molecule has 6 fully saturated rings. The van der Waals surface area contributed by atoms with Crippen LogP contribution in [-0.4, -0.2) is 114 Å². The SMILES string of the molecule is C=C[C@@H]1C[C@]1(NC(=O)[C@@H]1C[C@@]2(CN1C(=O)[C@@H](NC(=O)[C@@H](NC(=O)C(C)(C)N1CCCCC1)C(C)(C)C)C(C)(C)C)C(C)(C)C21CCC1)C(=O)NS(=O)(=O)N1CCCC1. The minimum Gasteiger partial charge on any atom is -0.342 e. The van der Waals surface area contributed by atoms with E-state index in [1.54, 1.807) is 11.0 Å². The van der Waals surface area contributed by atoms with E-state index in [1.165, 1.54) is 4.31 Å². The largest absolute Gasteiger partial charge is 0.342 e. The van der Waals surface area contributed by atoms with Gasteiger partial charge in [-0.3, -0.25) is 28.9 Å². The van der Waals surface area contributed by atoms with Crippen LogP contribution in [0.4, 0.5) is 0 Å². The number of carbonyl (C=O) groups excluding carboxylic acids is 5. The molecule has 3 aliphatic heterocycles. The molecule has 0 unspecified atom stereocenters. The normalized spacial score (nSPS) is 30.6. The minimum atomic E-state index is -4.11. The van der Waals surface area contributed by atoms with Crippen molar-refractivity contribution in [2.24, 2.45) is 33.0 Å². The summed E-state index contributed by atoms with van der Waals surface area (Å²) in [6, 6.07) is -3.00. The van der Waals surface area contributed by atoms with E-state index in [0.29, 0.717) is 38.9 Å². The van der Waals surface area contributed by atoms with Gasteiger partial charge in [-0.05, 0) is 100.0 Å². The standard InChI is InChI=1S/C43H71N7O7S/c1-12-28-25-43(28,36(55)47-58(56,57)49-23-16-17-24-49)46-32(51)29-26-42(40(10,11)41(42)19-18-20-41)27-50(29)34(53)31(38(5,6)7)44-33(52)30(37(2,3)4)45-35(54)39(8,9)48-21-14-13-15-22-48/h12,28-31H,1,13-27H2,2-11H3,(H,44,52)(H,45,54)(H,46,51)(H,47,55)/t28-,29+,30-,31-,42-,43-/m1/s1. The van der Waals surface area contributed by atoms with Gasteiger partial charge in [-0.1, -0.05) is 74.3 Å². The van der Waals surface area contributed by atoms with E-state index >= 15 is 4.79 Å². The fourth-order valence-corrected chi connectivity index (χ4v) is 12.5. The molecule has 3 saturated heterocycles. The van der Waals surface area contributed by atoms with Crippen molar-refractivity contribution >= 4 is 39.7 Å². The third kappa shape index (κ3) is 7.30. The maximum Gasteiger partial charge on any atom is 0.303 e. The fourth-order valence-electron chi connectivity index (χ4n) is 11.2. The molecule has 0 aromatic rings. The van der Waals surface area contributed by atoms with Crippen LogP contribution >= 0.6 is 0 Å². The van der Waals surface area contributed by atoms with Crippen molar-refractivity contribution in [1.82, 2.24) is 34.8 Å². The lowest BCUT2D eigenvalue weighted by Crippen LogP contribution is -2.65. The van der Waals surface area contributed by atoms with Crippen molar-refractivity contribution in [2.75, 3.05) is 32.7 Å². The van der Waals surface area contributed by atoms with E-state index in [-0.39, 0.29) is 28.6 Å². The smallest absolute Gasteiger partial charge is 0.303 e. The molecule has 0 aromatic heterocycles. The Balaban J connectivity index is 1.27. The third-order valence-corrected chi connectivity index (χ3v) is 17.1. The number of hydrogen-bond donors (Lipinski definition) is 4. The molecule has 58 heavy (non-hydrogen) atoms. The number of carbonyl (C=O) groups is 5. The lowest BCUT2D eigenvalue weighted by atomic mass is 9.73. The molecule has 326 valence electrons. The Morgan fingerprint density at radius 3 is 1.81 bits per heavy atom. The molecule has 6 rings (SSSR count). The van der Waals surface area contributed by atoms with Crippen molar-refractivity contribution in [2.45, 2.75) is 163 Å². The van der Waals surface area contributed by atoms with Crippen LogP contribution in [0, 0.1) is 33.0 Å². The quantitative estimate of drug-likeness (QED) is 0.216. The zero-order valence-corrected chi connectivity index (χ0v) is 37.6. The van der Waals surface area contributed by atoms with E-state index in [9.17, 15) is 27.6 Å². The predicted molar refractivity (Wildman–Crippen MR) is 222 cm³/mol. The van der Waals surface area contributed by atoms with Gasteiger partial charge in [-0.15, -0.1) is 6.58 Å². The fraction of sp³-hybridized carbons (Fsp3) is 0.837. The van der Waals surface area contributed by atoms with Crippen LogP contribution in [-0.2, 0) is 34.2 Å². The molecule has 0 bridgehead atoms. The third-order valence-electron chi connectivity index (χ3n) is 15.6. The van der Waals surface area contributed by atoms with Gasteiger partial charge < -0.3 is 20.9 Å². The highest BCUT2D eigenvalue weighted by Crippen LogP contribution is 2.88. The van der Waals surface area contributed by atoms with Gasteiger partial charge in [0.1, 0.15) is 23.7 Å². The van der Waals surface area contributed by atoms with Gasteiger partial charge >= 0.3 is 10.2 Å². The number of rotatable bonds is 12. The lowest BCUT2D eigenvalue weighted by molar-refractivity contribution is -0.146. The Bertz CT molecular complexity index is 1800. The Kier molecular flexibility index (Phi) is 11.4. The van der Waals surface area contributed by atoms with E-state index in [2.05, 4.69) is 46.0 Å². The molecule has 0 radical (unpaired) electrons. The highest BCUT2D eigenvalue weighted by molar-refractivity contribution is 7.87. The lowest BCUT2D eigenvalue weighted by Gasteiger charge is -2.42. The van der Waals surface area contributed by atoms with E-state index in [4.69, 9.17) is 0 Å². The van der Waals surface area contributed by atoms with Gasteiger partial charge in [-0.2, -0.15) is 12.7 Å². The van der Waals surface area contributed by atoms with Crippen LogP contribution < -0.4 is 20.7 Å². The Morgan fingerprint density at radius 2 is 1.33 bits per heavy atom. The number of nitrogens with zero attached hydrogens (tertiary/aromatic N) is 3. The van der Waals surface area contributed by atoms with Gasteiger partial charge in [0.15, 0.2) is 0 Å². The van der Waals surface area contributed by atoms with Gasteiger partial charge in [0.25, 0.3) is 5.91 Å². The summed E-state index contributed by atoms with van der Waals surface area (Å²) in [4.78, 5) is 75.9. The highest BCUT2D eigenvalue weighted by Gasteiger charge is 2.85. The summed E-state index contributed by atoms with van der Waals surface area (Å²) in [5.74, 6) is -2.99. The van der Waals surface area contributed by atoms with Crippen molar-refractivity contribution in [1.29, 1.82) is 0 Å². The van der Waals surface area contributed by atoms with Crippen molar-refractivity contribution in [3.63, 3.8) is 0 Å². The number of amides is 5. The summed E-state index contributed by atoms with van der Waals surface area (Å²) in [5, 5.41) is 9.07. The molecule has 3 aliphatic carbocycles. The van der Waals surface area contributed by atoms with E-state index in [1.807, 2.05) is 55.4 Å². The molecular weight excluding hydrogens is 759 g/mol. The van der Waals surface area contributed by atoms with Gasteiger partial charge in [0.2, 0.25) is 23.6 Å². The van der Waals surface area contributed by atoms with E-state index in [0.717, 1.165) is 51.6 Å². The number of fused-ring (bicyclic) bond motifs is 1. The van der Waals surface area contributed by atoms with Crippen LogP contribution in [0.5, 0.6) is 0 Å². The van der Waals surface area contributed by atoms with Crippen molar-refractivity contribution < 1.29 is 32.4 Å². The van der Waals surface area contributed by atoms with Crippen LogP contribution in [0.15, 0.2) is 12.7 Å². The summed E-state index contributed by atoms with van der Waals surface area (Å²) in [5.41, 5.74) is -4.41. The Hall–Kier alpha value is -3.04. The summed E-state index contributed by atoms with van der Waals surface area (Å²) in [6.07, 6.45) is 9.73. The zero-order valence-electron chi connectivity index (χ0n) is 36.8. The number of hydrogen-bond acceptors (Lipinski definition) is 8. The molecular formula is C43H71N7O7S. The van der Waals surface area contributed by atoms with Crippen LogP contribution in [0.1, 0.15) is 133 Å². The molecule has 3 heterocycles. The summed E-state index contributed by atoms with van der Waals surface area (Å²) in [6.45, 7) is 25.9. The first-order valence-electron chi connectivity index (χ1n) is 21.7. The molecule has 2 spiro atoms. The molecule has 0 aromatic carbocycles. The molecule has 15 heteroatoms. The second-order valence-corrected chi connectivity index (χ2v) is 23.2. The van der Waals surface area contributed by atoms with Crippen molar-refractivity contribution in [3.8, 4) is 0 Å². The first kappa shape index (κ1) is 44.5. The molecule has 3 saturated carbocycles. The predicted octanol–water partition coefficient (Wildman–Crippen LogP) is 3.63. The number of likely N-dealkylation sites (tertiary alicyclic amines) is 2. The van der Waals surface area contributed by atoms with E-state index < -0.39 is 79.8 Å². The molecule has 4 N–H and O–H groups in total. The average molecular weight is 830 g/mol. The summed E-state index contributed by atoms with van der Waals surface area (Å²) < 4.78 is 29.8. The van der Waals surface area contributed by atoms with Crippen LogP contribution in [0.25, 0.3) is 0 Å². The Morgan fingerprint density at radius 1 is 0.759 bits per heavy atom. The maximum atomic E-state index is 15.2. The van der Waals surface area contributed by atoms with Crippen molar-refractivity contribution in [3.05, 3.63) is 12.7 Å². The maximum absolute atomic E-state index is 15.2. The number of piperidine rings is 1. The number of nitrogens with one attached hydrogen (secondary N) is 4. The van der Waals surface area contributed by atoms with Gasteiger partial charge in [0.05, 0.1) is 5.54 Å². The monoisotopic (exact) mass is 830 g/mol. The average Bonchev–Trinajstić information content (AvgIpc) is 3.58. The zero-order chi connectivity index (χ0) is 43.1. The van der Waals surface area contributed by atoms with Gasteiger partial charge in [0, 0.05) is 31.0 Å². The first-order valence-corrected chi connectivity index (χ1v) is 23.1. The molecule has 6 aliphatic rings. The Labute approximate surface area is 347 Å². The second-order valence-electron chi connectivity index (χ2n) is 21.6. The topological polar surface area (TPSA) is 177 Å². The summed E-state index contributed by atoms with van der Waals surface area (Å²) >= 11 is 0.